The highest BCUT2D eigenvalue weighted by atomic mass is 16.6. The van der Waals surface area contributed by atoms with Gasteiger partial charge in [-0.1, -0.05) is 12.1 Å². The molecule has 1 saturated heterocycles. The molecule has 8 nitrogen and oxygen atoms in total. The molecule has 1 N–H and O–H groups in total. The Morgan fingerprint density at radius 2 is 2.03 bits per heavy atom. The van der Waals surface area contributed by atoms with Crippen molar-refractivity contribution in [3.63, 3.8) is 0 Å². The number of para-hydroxylation sites is 2. The van der Waals surface area contributed by atoms with Crippen molar-refractivity contribution < 1.29 is 19.0 Å². The maximum atomic E-state index is 12.2. The molecule has 8 heteroatoms. The van der Waals surface area contributed by atoms with Gasteiger partial charge >= 0.3 is 5.97 Å². The number of carbonyl (C=O) groups is 1. The predicted octanol–water partition coefficient (Wildman–Crippen LogP) is 1.31. The summed E-state index contributed by atoms with van der Waals surface area (Å²) in [6, 6.07) is 7.40. The summed E-state index contributed by atoms with van der Waals surface area (Å²) >= 11 is 0. The van der Waals surface area contributed by atoms with Crippen molar-refractivity contribution in [1.82, 2.24) is 0 Å². The van der Waals surface area contributed by atoms with Crippen LogP contribution in [0.25, 0.3) is 0 Å². The van der Waals surface area contributed by atoms with Gasteiger partial charge in [-0.15, -0.1) is 0 Å². The molecule has 0 saturated carbocycles. The highest BCUT2D eigenvalue weighted by Crippen LogP contribution is 2.31. The molecule has 154 valence electrons. The lowest BCUT2D eigenvalue weighted by molar-refractivity contribution is -0.148. The second-order valence-corrected chi connectivity index (χ2v) is 7.30. The summed E-state index contributed by atoms with van der Waals surface area (Å²) in [4.78, 5) is 38.3. The third kappa shape index (κ3) is 3.79. The van der Waals surface area contributed by atoms with Crippen LogP contribution < -0.4 is 30.5 Å². The van der Waals surface area contributed by atoms with Crippen molar-refractivity contribution in [2.75, 3.05) is 43.1 Å². The first-order chi connectivity index (χ1) is 14.1. The SMILES string of the molecule is CCOC(=O)[C@H]1CCCN(c2c(NC[C@@H]3COc4ccccc4O3)c(=O)c2=O)C1. The van der Waals surface area contributed by atoms with Crippen LogP contribution in [0.2, 0.25) is 0 Å². The Labute approximate surface area is 168 Å². The second-order valence-electron chi connectivity index (χ2n) is 7.30. The van der Waals surface area contributed by atoms with Crippen molar-refractivity contribution in [3.8, 4) is 11.5 Å². The summed E-state index contributed by atoms with van der Waals surface area (Å²) in [6.45, 7) is 3.80. The molecule has 0 bridgehead atoms. The number of fused-ring (bicyclic) bond motifs is 1. The first kappa shape index (κ1) is 19.3. The third-order valence-electron chi connectivity index (χ3n) is 5.32. The van der Waals surface area contributed by atoms with Gasteiger partial charge in [-0.2, -0.15) is 0 Å². The normalized spacial score (nSPS) is 21.1. The van der Waals surface area contributed by atoms with E-state index < -0.39 is 10.9 Å². The van der Waals surface area contributed by atoms with Crippen molar-refractivity contribution >= 4 is 17.3 Å². The van der Waals surface area contributed by atoms with Gasteiger partial charge in [-0.25, -0.2) is 0 Å². The van der Waals surface area contributed by atoms with E-state index in [0.29, 0.717) is 55.7 Å². The van der Waals surface area contributed by atoms with Crippen molar-refractivity contribution in [3.05, 3.63) is 44.7 Å². The summed E-state index contributed by atoms with van der Waals surface area (Å²) in [7, 11) is 0. The summed E-state index contributed by atoms with van der Waals surface area (Å²) in [6.07, 6.45) is 1.20. The lowest BCUT2D eigenvalue weighted by atomic mass is 9.96. The number of piperidine rings is 1. The fraction of sp³-hybridized carbons (Fsp3) is 0.476. The topological polar surface area (TPSA) is 94.2 Å². The Hall–Kier alpha value is -3.03. The van der Waals surface area contributed by atoms with Gasteiger partial charge in [0.25, 0.3) is 10.9 Å². The number of rotatable bonds is 6. The van der Waals surface area contributed by atoms with Crippen molar-refractivity contribution in [2.45, 2.75) is 25.9 Å². The molecule has 0 radical (unpaired) electrons. The highest BCUT2D eigenvalue weighted by Gasteiger charge is 2.33. The fourth-order valence-corrected chi connectivity index (χ4v) is 3.86. The van der Waals surface area contributed by atoms with Gasteiger partial charge in [0.15, 0.2) is 11.5 Å². The molecular weight excluding hydrogens is 376 g/mol. The van der Waals surface area contributed by atoms with E-state index in [0.717, 1.165) is 12.8 Å². The minimum absolute atomic E-state index is 0.253. The molecule has 0 amide bonds. The van der Waals surface area contributed by atoms with E-state index in [9.17, 15) is 14.4 Å². The monoisotopic (exact) mass is 400 g/mol. The molecule has 4 rings (SSSR count). The lowest BCUT2D eigenvalue weighted by Crippen LogP contribution is -2.48. The minimum atomic E-state index is -0.532. The Kier molecular flexibility index (Phi) is 5.42. The number of carbonyl (C=O) groups excluding carboxylic acids is 1. The third-order valence-corrected chi connectivity index (χ3v) is 5.32. The molecule has 1 fully saturated rings. The van der Waals surface area contributed by atoms with Crippen LogP contribution in [0.4, 0.5) is 11.4 Å². The van der Waals surface area contributed by atoms with Gasteiger partial charge in [0.05, 0.1) is 19.1 Å². The van der Waals surface area contributed by atoms with E-state index in [1.54, 1.807) is 6.92 Å². The van der Waals surface area contributed by atoms with Crippen LogP contribution in [0.15, 0.2) is 33.9 Å². The molecule has 0 aliphatic carbocycles. The van der Waals surface area contributed by atoms with Crippen LogP contribution in [-0.4, -0.2) is 44.9 Å². The van der Waals surface area contributed by atoms with Crippen LogP contribution >= 0.6 is 0 Å². The predicted molar refractivity (Wildman–Crippen MR) is 108 cm³/mol. The van der Waals surface area contributed by atoms with Crippen LogP contribution in [0.1, 0.15) is 19.8 Å². The molecule has 2 heterocycles. The molecule has 0 aromatic heterocycles. The second kappa shape index (κ2) is 8.14. The van der Waals surface area contributed by atoms with Crippen molar-refractivity contribution in [1.29, 1.82) is 0 Å². The number of hydrogen-bond acceptors (Lipinski definition) is 8. The first-order valence-electron chi connectivity index (χ1n) is 9.95. The number of anilines is 2. The molecule has 2 aliphatic rings. The lowest BCUT2D eigenvalue weighted by Gasteiger charge is -2.35. The van der Waals surface area contributed by atoms with E-state index >= 15 is 0 Å². The fourth-order valence-electron chi connectivity index (χ4n) is 3.86. The Bertz CT molecular complexity index is 964. The summed E-state index contributed by atoms with van der Waals surface area (Å²) < 4.78 is 16.7. The van der Waals surface area contributed by atoms with Crippen LogP contribution in [-0.2, 0) is 9.53 Å². The van der Waals surface area contributed by atoms with Crippen LogP contribution in [0, 0.1) is 5.92 Å². The molecule has 0 unspecified atom stereocenters. The molecule has 29 heavy (non-hydrogen) atoms. The van der Waals surface area contributed by atoms with Crippen LogP contribution in [0.3, 0.4) is 0 Å². The molecular formula is C21H24N2O6. The maximum absolute atomic E-state index is 12.2. The number of hydrogen-bond donors (Lipinski definition) is 1. The number of ether oxygens (including phenoxy) is 3. The molecule has 2 aliphatic heterocycles. The summed E-state index contributed by atoms with van der Waals surface area (Å²) in [5.74, 6) is 0.810. The number of esters is 1. The molecule has 0 spiro atoms. The van der Waals surface area contributed by atoms with Gasteiger partial charge in [-0.3, -0.25) is 14.4 Å². The Morgan fingerprint density at radius 3 is 2.83 bits per heavy atom. The van der Waals surface area contributed by atoms with E-state index in [2.05, 4.69) is 5.32 Å². The number of nitrogens with one attached hydrogen (secondary N) is 1. The zero-order valence-corrected chi connectivity index (χ0v) is 16.3. The van der Waals surface area contributed by atoms with Gasteiger partial charge in [0, 0.05) is 13.1 Å². The Morgan fingerprint density at radius 1 is 1.24 bits per heavy atom. The van der Waals surface area contributed by atoms with E-state index in [4.69, 9.17) is 14.2 Å². The zero-order valence-electron chi connectivity index (χ0n) is 16.3. The number of nitrogens with zero attached hydrogens (tertiary/aromatic N) is 1. The van der Waals surface area contributed by atoms with Crippen LogP contribution in [0.5, 0.6) is 11.5 Å². The zero-order chi connectivity index (χ0) is 20.4. The maximum Gasteiger partial charge on any atom is 0.310 e. The van der Waals surface area contributed by atoms with Gasteiger partial charge in [0.1, 0.15) is 24.1 Å². The minimum Gasteiger partial charge on any atom is -0.486 e. The highest BCUT2D eigenvalue weighted by molar-refractivity contribution is 5.78. The van der Waals surface area contributed by atoms with Crippen molar-refractivity contribution in [2.24, 2.45) is 5.92 Å². The molecule has 2 aromatic carbocycles. The smallest absolute Gasteiger partial charge is 0.310 e. The van der Waals surface area contributed by atoms with Gasteiger partial charge < -0.3 is 24.4 Å². The largest absolute Gasteiger partial charge is 0.486 e. The standard InChI is InChI=1S/C21H24N2O6/c1-2-27-21(26)13-6-5-9-23(11-13)18-17(19(24)20(18)25)22-10-14-12-28-15-7-3-4-8-16(15)29-14/h3-4,7-8,13-14,22H,2,5-6,9-12H2,1H3/t13-,14+/m0/s1. The first-order valence-corrected chi connectivity index (χ1v) is 9.95. The van der Waals surface area contributed by atoms with E-state index in [1.807, 2.05) is 29.2 Å². The average molecular weight is 400 g/mol. The van der Waals surface area contributed by atoms with E-state index in [-0.39, 0.29) is 18.0 Å². The molecule has 2 atom stereocenters. The summed E-state index contributed by atoms with van der Waals surface area (Å²) in [5.41, 5.74) is -0.387. The Balaban J connectivity index is 1.41. The van der Waals surface area contributed by atoms with Gasteiger partial charge in [0.2, 0.25) is 0 Å². The van der Waals surface area contributed by atoms with Gasteiger partial charge in [-0.05, 0) is 31.9 Å². The number of benzene rings is 1. The molecule has 2 aromatic rings. The van der Waals surface area contributed by atoms with E-state index in [1.165, 1.54) is 0 Å². The average Bonchev–Trinajstić information content (AvgIpc) is 2.76. The summed E-state index contributed by atoms with van der Waals surface area (Å²) in [5, 5.41) is 3.06. The quantitative estimate of drug-likeness (QED) is 0.573.